The summed E-state index contributed by atoms with van der Waals surface area (Å²) in [6, 6.07) is 6.27. The largest absolute Gasteiger partial charge is 0.329 e. The lowest BCUT2D eigenvalue weighted by Gasteiger charge is -2.39. The number of carbonyl (C=O) groups is 1. The van der Waals surface area contributed by atoms with E-state index in [0.29, 0.717) is 12.2 Å². The van der Waals surface area contributed by atoms with Crippen LogP contribution in [0.3, 0.4) is 0 Å². The zero-order chi connectivity index (χ0) is 14.8. The maximum atomic E-state index is 12.2. The van der Waals surface area contributed by atoms with Crippen molar-refractivity contribution >= 4 is 21.4 Å². The van der Waals surface area contributed by atoms with Gasteiger partial charge in [-0.05, 0) is 37.1 Å². The van der Waals surface area contributed by atoms with E-state index in [0.717, 1.165) is 19.3 Å². The van der Waals surface area contributed by atoms with Crippen molar-refractivity contribution in [1.82, 2.24) is 0 Å². The normalized spacial score (nSPS) is 17.3. The highest BCUT2D eigenvalue weighted by atomic mass is 32.2. The molecule has 0 radical (unpaired) electrons. The van der Waals surface area contributed by atoms with Crippen LogP contribution in [-0.4, -0.2) is 26.6 Å². The first-order valence-corrected chi connectivity index (χ1v) is 8.43. The van der Waals surface area contributed by atoms with Gasteiger partial charge < -0.3 is 11.1 Å². The number of carbonyl (C=O) groups excluding carboxylic acids is 1. The molecule has 0 atom stereocenters. The maximum Gasteiger partial charge on any atom is 0.231 e. The van der Waals surface area contributed by atoms with Gasteiger partial charge in [0.15, 0.2) is 9.84 Å². The van der Waals surface area contributed by atoms with Crippen molar-refractivity contribution in [1.29, 1.82) is 0 Å². The SMILES string of the molecule is CCS(=O)(=O)c1ccc(NC(=O)C2(CN)CCC2)cc1. The van der Waals surface area contributed by atoms with E-state index in [9.17, 15) is 13.2 Å². The number of nitrogens with one attached hydrogen (secondary N) is 1. The molecule has 1 aliphatic carbocycles. The number of rotatable bonds is 5. The highest BCUT2D eigenvalue weighted by Crippen LogP contribution is 2.40. The monoisotopic (exact) mass is 296 g/mol. The molecule has 0 unspecified atom stereocenters. The highest BCUT2D eigenvalue weighted by Gasteiger charge is 2.42. The fourth-order valence-corrected chi connectivity index (χ4v) is 3.19. The second-order valence-electron chi connectivity index (χ2n) is 5.22. The number of amides is 1. The molecule has 6 heteroatoms. The summed E-state index contributed by atoms with van der Waals surface area (Å²) in [5.74, 6) is -0.00742. The second kappa shape index (κ2) is 5.54. The van der Waals surface area contributed by atoms with Gasteiger partial charge >= 0.3 is 0 Å². The Morgan fingerprint density at radius 3 is 2.30 bits per heavy atom. The summed E-state index contributed by atoms with van der Waals surface area (Å²) in [5, 5.41) is 2.82. The van der Waals surface area contributed by atoms with Gasteiger partial charge in [0, 0.05) is 12.2 Å². The number of sulfone groups is 1. The molecule has 0 spiro atoms. The Morgan fingerprint density at radius 1 is 1.30 bits per heavy atom. The quantitative estimate of drug-likeness (QED) is 0.862. The molecule has 1 aromatic carbocycles. The molecular weight excluding hydrogens is 276 g/mol. The van der Waals surface area contributed by atoms with Crippen LogP contribution in [0.5, 0.6) is 0 Å². The molecule has 0 saturated heterocycles. The van der Waals surface area contributed by atoms with E-state index in [2.05, 4.69) is 5.32 Å². The Morgan fingerprint density at radius 2 is 1.90 bits per heavy atom. The number of nitrogens with two attached hydrogens (primary N) is 1. The minimum Gasteiger partial charge on any atom is -0.329 e. The van der Waals surface area contributed by atoms with Crippen molar-refractivity contribution in [3.05, 3.63) is 24.3 Å². The molecule has 1 aliphatic rings. The molecule has 110 valence electrons. The summed E-state index contributed by atoms with van der Waals surface area (Å²) < 4.78 is 23.4. The lowest BCUT2D eigenvalue weighted by Crippen LogP contribution is -2.47. The van der Waals surface area contributed by atoms with Crippen molar-refractivity contribution in [2.75, 3.05) is 17.6 Å². The van der Waals surface area contributed by atoms with E-state index >= 15 is 0 Å². The number of hydrogen-bond donors (Lipinski definition) is 2. The summed E-state index contributed by atoms with van der Waals surface area (Å²) in [7, 11) is -3.20. The highest BCUT2D eigenvalue weighted by molar-refractivity contribution is 7.91. The fraction of sp³-hybridized carbons (Fsp3) is 0.500. The van der Waals surface area contributed by atoms with E-state index in [4.69, 9.17) is 5.73 Å². The van der Waals surface area contributed by atoms with Gasteiger partial charge in [0.05, 0.1) is 16.1 Å². The Kier molecular flexibility index (Phi) is 4.15. The number of benzene rings is 1. The first-order valence-electron chi connectivity index (χ1n) is 6.78. The summed E-state index contributed by atoms with van der Waals surface area (Å²) >= 11 is 0. The molecule has 0 aliphatic heterocycles. The van der Waals surface area contributed by atoms with E-state index in [1.54, 1.807) is 19.1 Å². The van der Waals surface area contributed by atoms with Gasteiger partial charge in [-0.2, -0.15) is 0 Å². The Hall–Kier alpha value is -1.40. The van der Waals surface area contributed by atoms with Gasteiger partial charge in [-0.15, -0.1) is 0 Å². The molecule has 1 saturated carbocycles. The predicted molar refractivity (Wildman–Crippen MR) is 78.1 cm³/mol. The van der Waals surface area contributed by atoms with Gasteiger partial charge in [0.2, 0.25) is 5.91 Å². The molecule has 1 fully saturated rings. The molecule has 0 aromatic heterocycles. The van der Waals surface area contributed by atoms with E-state index < -0.39 is 15.3 Å². The van der Waals surface area contributed by atoms with Gasteiger partial charge in [-0.1, -0.05) is 13.3 Å². The minimum atomic E-state index is -3.20. The molecule has 20 heavy (non-hydrogen) atoms. The van der Waals surface area contributed by atoms with Crippen LogP contribution >= 0.6 is 0 Å². The van der Waals surface area contributed by atoms with Gasteiger partial charge in [-0.25, -0.2) is 8.42 Å². The molecule has 1 aromatic rings. The fourth-order valence-electron chi connectivity index (χ4n) is 2.30. The van der Waals surface area contributed by atoms with Crippen LogP contribution < -0.4 is 11.1 Å². The predicted octanol–water partition coefficient (Wildman–Crippen LogP) is 1.55. The van der Waals surface area contributed by atoms with Gasteiger partial charge in [0.25, 0.3) is 0 Å². The average molecular weight is 296 g/mol. The van der Waals surface area contributed by atoms with E-state index in [1.165, 1.54) is 12.1 Å². The minimum absolute atomic E-state index is 0.0645. The van der Waals surface area contributed by atoms with E-state index in [1.807, 2.05) is 0 Å². The van der Waals surface area contributed by atoms with Crippen molar-refractivity contribution in [2.45, 2.75) is 31.1 Å². The second-order valence-corrected chi connectivity index (χ2v) is 7.50. The smallest absolute Gasteiger partial charge is 0.231 e. The summed E-state index contributed by atoms with van der Waals surface area (Å²) in [6.07, 6.45) is 2.66. The summed E-state index contributed by atoms with van der Waals surface area (Å²) in [6.45, 7) is 1.95. The molecular formula is C14H20N2O3S. The third-order valence-corrected chi connectivity index (χ3v) is 5.78. The number of anilines is 1. The standard InChI is InChI=1S/C14H20N2O3S/c1-2-20(18,19)12-6-4-11(5-7-12)16-13(17)14(10-15)8-3-9-14/h4-7H,2-3,8-10,15H2,1H3,(H,16,17). The van der Waals surface area contributed by atoms with Crippen molar-refractivity contribution in [3.63, 3.8) is 0 Å². The Labute approximate surface area is 119 Å². The molecule has 3 N–H and O–H groups in total. The molecule has 0 bridgehead atoms. The van der Waals surface area contributed by atoms with Crippen molar-refractivity contribution < 1.29 is 13.2 Å². The van der Waals surface area contributed by atoms with Crippen LogP contribution in [0.25, 0.3) is 0 Å². The van der Waals surface area contributed by atoms with Crippen molar-refractivity contribution in [2.24, 2.45) is 11.1 Å². The summed E-state index contributed by atoms with van der Waals surface area (Å²) in [4.78, 5) is 12.4. The van der Waals surface area contributed by atoms with Crippen LogP contribution in [0.1, 0.15) is 26.2 Å². The van der Waals surface area contributed by atoms with Crippen LogP contribution in [0.15, 0.2) is 29.2 Å². The zero-order valence-corrected chi connectivity index (χ0v) is 12.4. The first kappa shape index (κ1) is 15.0. The third-order valence-electron chi connectivity index (χ3n) is 4.03. The van der Waals surface area contributed by atoms with Crippen LogP contribution in [0.2, 0.25) is 0 Å². The van der Waals surface area contributed by atoms with E-state index in [-0.39, 0.29) is 16.6 Å². The third kappa shape index (κ3) is 2.71. The van der Waals surface area contributed by atoms with Crippen molar-refractivity contribution in [3.8, 4) is 0 Å². The first-order chi connectivity index (χ1) is 9.43. The topological polar surface area (TPSA) is 89.3 Å². The van der Waals surface area contributed by atoms with Crippen LogP contribution in [-0.2, 0) is 14.6 Å². The average Bonchev–Trinajstić information content (AvgIpc) is 2.39. The lowest BCUT2D eigenvalue weighted by molar-refractivity contribution is -0.129. The van der Waals surface area contributed by atoms with Gasteiger partial charge in [0.1, 0.15) is 0 Å². The molecule has 5 nitrogen and oxygen atoms in total. The molecule has 2 rings (SSSR count). The molecule has 0 heterocycles. The van der Waals surface area contributed by atoms with Crippen LogP contribution in [0, 0.1) is 5.41 Å². The number of hydrogen-bond acceptors (Lipinski definition) is 4. The Balaban J connectivity index is 2.10. The Bertz CT molecular complexity index is 584. The zero-order valence-electron chi connectivity index (χ0n) is 11.6. The molecule has 1 amide bonds. The maximum absolute atomic E-state index is 12.2. The summed E-state index contributed by atoms with van der Waals surface area (Å²) in [5.41, 5.74) is 5.85. The van der Waals surface area contributed by atoms with Crippen LogP contribution in [0.4, 0.5) is 5.69 Å². The lowest BCUT2D eigenvalue weighted by atomic mass is 9.68. The van der Waals surface area contributed by atoms with Gasteiger partial charge in [-0.3, -0.25) is 4.79 Å².